The normalized spacial score (nSPS) is 35.4. The summed E-state index contributed by atoms with van der Waals surface area (Å²) in [6, 6.07) is 0. The first-order valence-electron chi connectivity index (χ1n) is 6.17. The van der Waals surface area contributed by atoms with Gasteiger partial charge in [0.25, 0.3) is 0 Å². The maximum Gasteiger partial charge on any atom is 0.191 e. The summed E-state index contributed by atoms with van der Waals surface area (Å²) in [5.74, 6) is 2.75. The molecule has 15 heavy (non-hydrogen) atoms. The Labute approximate surface area is 94.9 Å². The molecule has 0 aromatic rings. The maximum atomic E-state index is 6.27. The summed E-state index contributed by atoms with van der Waals surface area (Å²) in [5, 5.41) is 3.79. The van der Waals surface area contributed by atoms with E-state index in [1.165, 1.54) is 13.1 Å². The Kier molecular flexibility index (Phi) is 2.77. The minimum Gasteiger partial charge on any atom is -0.417 e. The highest BCUT2D eigenvalue weighted by Crippen LogP contribution is 2.49. The molecule has 3 heteroatoms. The van der Waals surface area contributed by atoms with Crippen LogP contribution in [-0.4, -0.2) is 28.0 Å². The van der Waals surface area contributed by atoms with Crippen molar-refractivity contribution < 1.29 is 4.43 Å². The van der Waals surface area contributed by atoms with Gasteiger partial charge in [-0.15, -0.1) is 0 Å². The Morgan fingerprint density at radius 1 is 1.20 bits per heavy atom. The summed E-state index contributed by atoms with van der Waals surface area (Å²) in [6.07, 6.45) is 0. The lowest BCUT2D eigenvalue weighted by Crippen LogP contribution is -2.41. The second-order valence-corrected chi connectivity index (χ2v) is 11.5. The SMILES string of the molecule is CC(C)(C)[Si](C)(C)OC[C@H]1[C@@H]2CNC[C@@H]21. The summed E-state index contributed by atoms with van der Waals surface area (Å²) in [5.41, 5.74) is 0. The smallest absolute Gasteiger partial charge is 0.191 e. The average Bonchev–Trinajstić information content (AvgIpc) is 2.56. The van der Waals surface area contributed by atoms with Crippen molar-refractivity contribution in [3.8, 4) is 0 Å². The van der Waals surface area contributed by atoms with E-state index in [2.05, 4.69) is 39.2 Å². The van der Waals surface area contributed by atoms with Crippen molar-refractivity contribution in [2.45, 2.75) is 38.9 Å². The van der Waals surface area contributed by atoms with Gasteiger partial charge in [-0.05, 0) is 49.0 Å². The fourth-order valence-electron chi connectivity index (χ4n) is 2.31. The lowest BCUT2D eigenvalue weighted by Gasteiger charge is -2.36. The van der Waals surface area contributed by atoms with Gasteiger partial charge in [-0.2, -0.15) is 0 Å². The van der Waals surface area contributed by atoms with Gasteiger partial charge in [0.2, 0.25) is 0 Å². The van der Waals surface area contributed by atoms with Crippen LogP contribution in [0.4, 0.5) is 0 Å². The fourth-order valence-corrected chi connectivity index (χ4v) is 3.36. The van der Waals surface area contributed by atoms with E-state index in [4.69, 9.17) is 4.43 Å². The van der Waals surface area contributed by atoms with Gasteiger partial charge in [0.15, 0.2) is 8.32 Å². The quantitative estimate of drug-likeness (QED) is 0.748. The summed E-state index contributed by atoms with van der Waals surface area (Å²) in [4.78, 5) is 0. The van der Waals surface area contributed by atoms with Crippen molar-refractivity contribution >= 4 is 8.32 Å². The third-order valence-corrected chi connectivity index (χ3v) is 9.21. The highest BCUT2D eigenvalue weighted by Gasteiger charge is 2.53. The zero-order chi connectivity index (χ0) is 11.3. The number of fused-ring (bicyclic) bond motifs is 1. The zero-order valence-corrected chi connectivity index (χ0v) is 11.8. The molecule has 1 aliphatic heterocycles. The van der Waals surface area contributed by atoms with E-state index in [9.17, 15) is 0 Å². The van der Waals surface area contributed by atoms with Gasteiger partial charge in [-0.25, -0.2) is 0 Å². The van der Waals surface area contributed by atoms with Crippen molar-refractivity contribution in [3.63, 3.8) is 0 Å². The van der Waals surface area contributed by atoms with Crippen molar-refractivity contribution in [1.82, 2.24) is 5.32 Å². The summed E-state index contributed by atoms with van der Waals surface area (Å²) in [6.45, 7) is 15.1. The van der Waals surface area contributed by atoms with Crippen molar-refractivity contribution in [2.75, 3.05) is 19.7 Å². The summed E-state index contributed by atoms with van der Waals surface area (Å²) >= 11 is 0. The highest BCUT2D eigenvalue weighted by molar-refractivity contribution is 6.74. The average molecular weight is 227 g/mol. The lowest BCUT2D eigenvalue weighted by molar-refractivity contribution is 0.256. The molecule has 1 saturated heterocycles. The van der Waals surface area contributed by atoms with Gasteiger partial charge in [0, 0.05) is 6.61 Å². The maximum absolute atomic E-state index is 6.27. The van der Waals surface area contributed by atoms with Crippen LogP contribution in [0.15, 0.2) is 0 Å². The van der Waals surface area contributed by atoms with Crippen molar-refractivity contribution in [3.05, 3.63) is 0 Å². The molecule has 0 bridgehead atoms. The second-order valence-electron chi connectivity index (χ2n) is 6.72. The van der Waals surface area contributed by atoms with Crippen LogP contribution in [-0.2, 0) is 4.43 Å². The predicted octanol–water partition coefficient (Wildman–Crippen LogP) is 2.47. The van der Waals surface area contributed by atoms with Crippen LogP contribution in [0.1, 0.15) is 20.8 Å². The Hall–Kier alpha value is 0.137. The summed E-state index contributed by atoms with van der Waals surface area (Å²) < 4.78 is 6.27. The van der Waals surface area contributed by atoms with E-state index in [1.807, 2.05) is 0 Å². The molecule has 88 valence electrons. The molecular weight excluding hydrogens is 202 g/mol. The van der Waals surface area contributed by atoms with E-state index in [0.717, 1.165) is 24.4 Å². The molecule has 0 aromatic carbocycles. The number of hydrogen-bond donors (Lipinski definition) is 1. The van der Waals surface area contributed by atoms with Crippen molar-refractivity contribution in [1.29, 1.82) is 0 Å². The first-order valence-corrected chi connectivity index (χ1v) is 9.08. The van der Waals surface area contributed by atoms with Crippen molar-refractivity contribution in [2.24, 2.45) is 17.8 Å². The highest BCUT2D eigenvalue weighted by atomic mass is 28.4. The first-order chi connectivity index (χ1) is 6.83. The Bertz CT molecular complexity index is 236. The first kappa shape index (κ1) is 11.6. The minimum absolute atomic E-state index is 0.356. The van der Waals surface area contributed by atoms with Gasteiger partial charge in [-0.1, -0.05) is 20.8 Å². The second kappa shape index (κ2) is 3.57. The third kappa shape index (κ3) is 2.15. The van der Waals surface area contributed by atoms with Gasteiger partial charge >= 0.3 is 0 Å². The number of nitrogens with one attached hydrogen (secondary N) is 1. The molecule has 0 spiro atoms. The van der Waals surface area contributed by atoms with Crippen LogP contribution in [0.25, 0.3) is 0 Å². The predicted molar refractivity (Wildman–Crippen MR) is 66.5 cm³/mol. The van der Waals surface area contributed by atoms with Crippen LogP contribution in [0.3, 0.4) is 0 Å². The fraction of sp³-hybridized carbons (Fsp3) is 1.00. The molecule has 1 N–H and O–H groups in total. The standard InChI is InChI=1S/C12H25NOSi/c1-12(2,3)15(4,5)14-8-11-9-6-13-7-10(9)11/h9-11,13H,6-8H2,1-5H3/t9-,10+,11+. The molecule has 0 radical (unpaired) electrons. The minimum atomic E-state index is -1.50. The van der Waals surface area contributed by atoms with Crippen LogP contribution >= 0.6 is 0 Å². The molecule has 1 heterocycles. The Balaban J connectivity index is 1.79. The summed E-state index contributed by atoms with van der Waals surface area (Å²) in [7, 11) is -1.50. The number of rotatable bonds is 3. The van der Waals surface area contributed by atoms with E-state index >= 15 is 0 Å². The molecule has 2 rings (SSSR count). The third-order valence-electron chi connectivity index (χ3n) is 4.71. The van der Waals surface area contributed by atoms with Gasteiger partial charge < -0.3 is 9.74 Å². The zero-order valence-electron chi connectivity index (χ0n) is 10.8. The molecule has 2 aliphatic rings. The molecule has 0 amide bonds. The molecular formula is C12H25NOSi. The van der Waals surface area contributed by atoms with E-state index in [-0.39, 0.29) is 0 Å². The van der Waals surface area contributed by atoms with E-state index < -0.39 is 8.32 Å². The molecule has 2 nitrogen and oxygen atoms in total. The monoisotopic (exact) mass is 227 g/mol. The number of piperidine rings is 1. The molecule has 1 aliphatic carbocycles. The molecule has 1 saturated carbocycles. The van der Waals surface area contributed by atoms with E-state index in [0.29, 0.717) is 5.04 Å². The van der Waals surface area contributed by atoms with Gasteiger partial charge in [0.1, 0.15) is 0 Å². The Morgan fingerprint density at radius 3 is 2.20 bits per heavy atom. The Morgan fingerprint density at radius 2 is 1.73 bits per heavy atom. The van der Waals surface area contributed by atoms with Gasteiger partial charge in [-0.3, -0.25) is 0 Å². The van der Waals surface area contributed by atoms with Crippen LogP contribution in [0.2, 0.25) is 18.1 Å². The van der Waals surface area contributed by atoms with Crippen LogP contribution in [0.5, 0.6) is 0 Å². The topological polar surface area (TPSA) is 21.3 Å². The number of hydrogen-bond acceptors (Lipinski definition) is 2. The van der Waals surface area contributed by atoms with E-state index in [1.54, 1.807) is 0 Å². The molecule has 0 aromatic heterocycles. The van der Waals surface area contributed by atoms with Crippen LogP contribution < -0.4 is 5.32 Å². The lowest BCUT2D eigenvalue weighted by atomic mass is 10.2. The molecule has 3 atom stereocenters. The van der Waals surface area contributed by atoms with Crippen LogP contribution in [0, 0.1) is 17.8 Å². The molecule has 2 fully saturated rings. The van der Waals surface area contributed by atoms with Gasteiger partial charge in [0.05, 0.1) is 0 Å². The molecule has 0 unspecified atom stereocenters. The largest absolute Gasteiger partial charge is 0.417 e.